The molecule has 0 bridgehead atoms. The van der Waals surface area contributed by atoms with Crippen LogP contribution in [0, 0.1) is 0 Å². The van der Waals surface area contributed by atoms with Crippen molar-refractivity contribution in [2.75, 3.05) is 0 Å². The number of carboxylic acid groups (broad SMARTS) is 1. The molecule has 0 saturated heterocycles. The van der Waals surface area contributed by atoms with Crippen LogP contribution in [0.4, 0.5) is 8.78 Å². The molecule has 0 aromatic heterocycles. The van der Waals surface area contributed by atoms with Crippen molar-refractivity contribution < 1.29 is 31.1 Å². The first-order valence-corrected chi connectivity index (χ1v) is 1.15. The molecule has 7 heavy (non-hydrogen) atoms. The second-order valence-electron chi connectivity index (χ2n) is 0.639. The Labute approximate surface area is 44.5 Å². The molecular weight excluding hydrogens is 129 g/mol. The van der Waals surface area contributed by atoms with Crippen molar-refractivity contribution >= 4 is 5.97 Å². The summed E-state index contributed by atoms with van der Waals surface area (Å²) in [4.78, 5) is 8.95. The molecule has 0 aromatic carbocycles. The van der Waals surface area contributed by atoms with E-state index in [1.807, 2.05) is 0 Å². The third-order valence-corrected chi connectivity index (χ3v) is 0.187. The average molecular weight is 131 g/mol. The van der Waals surface area contributed by atoms with Crippen LogP contribution in [0.25, 0.3) is 0 Å². The molecular formula is C2H2ClF2O2-. The molecule has 0 spiro atoms. The van der Waals surface area contributed by atoms with Crippen LogP contribution < -0.4 is 12.4 Å². The van der Waals surface area contributed by atoms with E-state index < -0.39 is 12.4 Å². The van der Waals surface area contributed by atoms with E-state index in [-0.39, 0.29) is 12.4 Å². The number of hydrogen-bond donors (Lipinski definition) is 1. The van der Waals surface area contributed by atoms with Crippen molar-refractivity contribution in [3.63, 3.8) is 0 Å². The van der Waals surface area contributed by atoms with Crippen LogP contribution in [0.2, 0.25) is 0 Å². The van der Waals surface area contributed by atoms with Crippen LogP contribution >= 0.6 is 0 Å². The number of rotatable bonds is 1. The lowest BCUT2D eigenvalue weighted by Gasteiger charge is -1.81. The molecule has 1 N–H and O–H groups in total. The molecule has 0 unspecified atom stereocenters. The summed E-state index contributed by atoms with van der Waals surface area (Å²) >= 11 is 0. The summed E-state index contributed by atoms with van der Waals surface area (Å²) in [6.45, 7) is 0. The smallest absolute Gasteiger partial charge is 0.371 e. The summed E-state index contributed by atoms with van der Waals surface area (Å²) in [7, 11) is 0. The van der Waals surface area contributed by atoms with Gasteiger partial charge in [-0.1, -0.05) is 0 Å². The number of aliphatic carboxylic acids is 1. The van der Waals surface area contributed by atoms with Crippen LogP contribution in [0.3, 0.4) is 0 Å². The lowest BCUT2D eigenvalue weighted by atomic mass is 10.7. The summed E-state index contributed by atoms with van der Waals surface area (Å²) in [5.41, 5.74) is 0. The minimum absolute atomic E-state index is 0. The van der Waals surface area contributed by atoms with Gasteiger partial charge in [-0.15, -0.1) is 0 Å². The van der Waals surface area contributed by atoms with E-state index >= 15 is 0 Å². The fraction of sp³-hybridized carbons (Fsp3) is 0.500. The number of halogens is 3. The predicted octanol–water partition coefficient (Wildman–Crippen LogP) is -2.66. The Balaban J connectivity index is 0. The van der Waals surface area contributed by atoms with Gasteiger partial charge < -0.3 is 17.5 Å². The lowest BCUT2D eigenvalue weighted by Crippen LogP contribution is -3.00. The second-order valence-corrected chi connectivity index (χ2v) is 0.639. The largest absolute Gasteiger partial charge is 1.00 e. The van der Waals surface area contributed by atoms with Crippen molar-refractivity contribution in [2.45, 2.75) is 6.43 Å². The van der Waals surface area contributed by atoms with Gasteiger partial charge in [0.15, 0.2) is 0 Å². The number of carbonyl (C=O) groups is 1. The van der Waals surface area contributed by atoms with Crippen molar-refractivity contribution in [3.8, 4) is 0 Å². The summed E-state index contributed by atoms with van der Waals surface area (Å²) in [6, 6.07) is 0. The summed E-state index contributed by atoms with van der Waals surface area (Å²) in [6.07, 6.45) is -3.23. The maximum absolute atomic E-state index is 10.6. The van der Waals surface area contributed by atoms with Gasteiger partial charge in [0, 0.05) is 0 Å². The molecule has 0 aromatic rings. The highest BCUT2D eigenvalue weighted by Crippen LogP contribution is 1.87. The SMILES string of the molecule is O=C(O)C(F)F.[Cl-]. The molecule has 0 radical (unpaired) electrons. The van der Waals surface area contributed by atoms with Crippen LogP contribution in [0.15, 0.2) is 0 Å². The number of carboxylic acids is 1. The third kappa shape index (κ3) is 5.62. The molecule has 0 atom stereocenters. The van der Waals surface area contributed by atoms with E-state index in [9.17, 15) is 8.78 Å². The molecule has 0 aliphatic rings. The Bertz CT molecular complexity index is 64.7. The topological polar surface area (TPSA) is 37.3 Å². The van der Waals surface area contributed by atoms with Crippen molar-refractivity contribution in [1.82, 2.24) is 0 Å². The third-order valence-electron chi connectivity index (χ3n) is 0.187. The summed E-state index contributed by atoms with van der Waals surface area (Å²) in [5, 5.41) is 7.24. The van der Waals surface area contributed by atoms with Gasteiger partial charge in [0.1, 0.15) is 0 Å². The fourth-order valence-electron chi connectivity index (χ4n) is 0. The molecule has 0 amide bonds. The van der Waals surface area contributed by atoms with Crippen molar-refractivity contribution in [2.24, 2.45) is 0 Å². The van der Waals surface area contributed by atoms with E-state index in [4.69, 9.17) is 9.90 Å². The van der Waals surface area contributed by atoms with Crippen LogP contribution in [-0.4, -0.2) is 17.5 Å². The number of hydrogen-bond acceptors (Lipinski definition) is 1. The highest BCUT2D eigenvalue weighted by atomic mass is 35.5. The standard InChI is InChI=1S/C2H2F2O2.ClH/c3-1(4)2(5)6;/h1H,(H,5,6);1H/p-1. The highest BCUT2D eigenvalue weighted by Gasteiger charge is 2.10. The van der Waals surface area contributed by atoms with Gasteiger partial charge in [-0.2, -0.15) is 8.78 Å². The van der Waals surface area contributed by atoms with E-state index in [0.29, 0.717) is 0 Å². The molecule has 0 aliphatic carbocycles. The molecule has 2 nitrogen and oxygen atoms in total. The molecule has 0 heterocycles. The Hall–Kier alpha value is -0.380. The maximum Gasteiger partial charge on any atom is 0.371 e. The number of alkyl halides is 2. The first kappa shape index (κ1) is 9.80. The molecule has 44 valence electrons. The Morgan fingerprint density at radius 2 is 1.71 bits per heavy atom. The Morgan fingerprint density at radius 3 is 1.71 bits per heavy atom. The van der Waals surface area contributed by atoms with Gasteiger partial charge in [-0.05, 0) is 0 Å². The summed E-state index contributed by atoms with van der Waals surface area (Å²) in [5.74, 6) is -2.07. The highest BCUT2D eigenvalue weighted by molar-refractivity contribution is 5.70. The average Bonchev–Trinajstić information content (AvgIpc) is 1.36. The normalized spacial score (nSPS) is 7.86. The van der Waals surface area contributed by atoms with E-state index in [1.54, 1.807) is 0 Å². The minimum Gasteiger partial charge on any atom is -1.00 e. The lowest BCUT2D eigenvalue weighted by molar-refractivity contribution is -0.149. The van der Waals surface area contributed by atoms with Gasteiger partial charge in [0.25, 0.3) is 0 Å². The summed E-state index contributed by atoms with van der Waals surface area (Å²) < 4.78 is 21.1. The van der Waals surface area contributed by atoms with Gasteiger partial charge in [0.2, 0.25) is 0 Å². The second kappa shape index (κ2) is 3.80. The molecule has 0 aliphatic heterocycles. The molecule has 0 saturated carbocycles. The van der Waals surface area contributed by atoms with E-state index in [1.165, 1.54) is 0 Å². The zero-order chi connectivity index (χ0) is 5.15. The molecule has 0 rings (SSSR count). The predicted molar refractivity (Wildman–Crippen MR) is 13.6 cm³/mol. The first-order valence-electron chi connectivity index (χ1n) is 1.15. The van der Waals surface area contributed by atoms with Gasteiger partial charge in [-0.25, -0.2) is 4.79 Å². The van der Waals surface area contributed by atoms with E-state index in [2.05, 4.69) is 0 Å². The zero-order valence-corrected chi connectivity index (χ0v) is 3.82. The Morgan fingerprint density at radius 1 is 1.57 bits per heavy atom. The fourth-order valence-corrected chi connectivity index (χ4v) is 0. The van der Waals surface area contributed by atoms with Gasteiger partial charge >= 0.3 is 12.4 Å². The van der Waals surface area contributed by atoms with Crippen LogP contribution in [-0.2, 0) is 4.79 Å². The first-order chi connectivity index (χ1) is 2.64. The molecule has 5 heteroatoms. The van der Waals surface area contributed by atoms with Crippen LogP contribution in [0.5, 0.6) is 0 Å². The van der Waals surface area contributed by atoms with Crippen molar-refractivity contribution in [3.05, 3.63) is 0 Å². The zero-order valence-electron chi connectivity index (χ0n) is 3.07. The van der Waals surface area contributed by atoms with Gasteiger partial charge in [-0.3, -0.25) is 0 Å². The monoisotopic (exact) mass is 131 g/mol. The van der Waals surface area contributed by atoms with Crippen LogP contribution in [0.1, 0.15) is 0 Å². The minimum atomic E-state index is -3.23. The Kier molecular flexibility index (Phi) is 5.31. The maximum atomic E-state index is 10.6. The van der Waals surface area contributed by atoms with E-state index in [0.717, 1.165) is 0 Å². The molecule has 0 fully saturated rings. The van der Waals surface area contributed by atoms with Gasteiger partial charge in [0.05, 0.1) is 0 Å². The van der Waals surface area contributed by atoms with Crippen molar-refractivity contribution in [1.29, 1.82) is 0 Å². The quantitative estimate of drug-likeness (QED) is 0.422.